The number of allylic oxidation sites excluding steroid dienone is 1. The molecule has 6 heteroatoms. The van der Waals surface area contributed by atoms with Gasteiger partial charge >= 0.3 is 5.97 Å². The van der Waals surface area contributed by atoms with Crippen LogP contribution in [0.5, 0.6) is 23.0 Å². The second-order valence-electron chi connectivity index (χ2n) is 9.28. The summed E-state index contributed by atoms with van der Waals surface area (Å²) >= 11 is 0. The van der Waals surface area contributed by atoms with Crippen LogP contribution in [0.4, 0.5) is 0 Å². The molecule has 0 aromatic heterocycles. The maximum absolute atomic E-state index is 12.6. The van der Waals surface area contributed by atoms with Gasteiger partial charge in [0, 0.05) is 6.54 Å². The molecule has 4 aromatic carbocycles. The molecule has 0 amide bonds. The van der Waals surface area contributed by atoms with E-state index in [1.165, 1.54) is 0 Å². The minimum atomic E-state index is -0.386. The van der Waals surface area contributed by atoms with E-state index in [-0.39, 0.29) is 12.8 Å². The number of fused-ring (bicyclic) bond motifs is 1. The molecule has 5 rings (SSSR count). The van der Waals surface area contributed by atoms with Gasteiger partial charge in [0.15, 0.2) is 11.5 Å². The van der Waals surface area contributed by atoms with E-state index in [4.69, 9.17) is 18.9 Å². The molecule has 0 atom stereocenters. The highest BCUT2D eigenvalue weighted by Crippen LogP contribution is 2.40. The molecule has 0 bridgehead atoms. The van der Waals surface area contributed by atoms with Gasteiger partial charge in [0.2, 0.25) is 6.79 Å². The zero-order valence-corrected chi connectivity index (χ0v) is 22.8. The van der Waals surface area contributed by atoms with Crippen LogP contribution >= 0.6 is 0 Å². The molecule has 0 radical (unpaired) electrons. The van der Waals surface area contributed by atoms with E-state index in [2.05, 4.69) is 37.4 Å². The van der Waals surface area contributed by atoms with E-state index in [1.807, 2.05) is 66.7 Å². The molecule has 4 aromatic rings. The first-order valence-electron chi connectivity index (χ1n) is 13.6. The Bertz CT molecular complexity index is 1460. The van der Waals surface area contributed by atoms with Crippen LogP contribution in [0.15, 0.2) is 97.1 Å². The van der Waals surface area contributed by atoms with Gasteiger partial charge < -0.3 is 24.3 Å². The molecule has 0 fully saturated rings. The molecule has 0 spiro atoms. The Morgan fingerprint density at radius 1 is 0.750 bits per heavy atom. The van der Waals surface area contributed by atoms with E-state index >= 15 is 0 Å². The van der Waals surface area contributed by atoms with Gasteiger partial charge in [-0.1, -0.05) is 62.4 Å². The summed E-state index contributed by atoms with van der Waals surface area (Å²) in [6.07, 6.45) is 0.792. The Morgan fingerprint density at radius 2 is 1.40 bits per heavy atom. The van der Waals surface area contributed by atoms with Gasteiger partial charge in [0.1, 0.15) is 18.1 Å². The number of carbonyl (C=O) groups is 1. The largest absolute Gasteiger partial charge is 0.492 e. The summed E-state index contributed by atoms with van der Waals surface area (Å²) in [7, 11) is 0. The highest BCUT2D eigenvalue weighted by molar-refractivity contribution is 5.99. The van der Waals surface area contributed by atoms with Gasteiger partial charge in [-0.25, -0.2) is 4.79 Å². The van der Waals surface area contributed by atoms with Crippen molar-refractivity contribution in [2.24, 2.45) is 0 Å². The van der Waals surface area contributed by atoms with Crippen LogP contribution in [0.3, 0.4) is 0 Å². The molecule has 1 aliphatic rings. The lowest BCUT2D eigenvalue weighted by atomic mass is 9.88. The van der Waals surface area contributed by atoms with Gasteiger partial charge in [-0.15, -0.1) is 0 Å². The average Bonchev–Trinajstić information content (AvgIpc) is 3.48. The third-order valence-corrected chi connectivity index (χ3v) is 6.68. The van der Waals surface area contributed by atoms with Crippen molar-refractivity contribution in [3.8, 4) is 23.0 Å². The quantitative estimate of drug-likeness (QED) is 0.0966. The van der Waals surface area contributed by atoms with Gasteiger partial charge in [0.25, 0.3) is 0 Å². The number of rotatable bonds is 11. The summed E-state index contributed by atoms with van der Waals surface area (Å²) in [6.45, 7) is 6.78. The third-order valence-electron chi connectivity index (χ3n) is 6.68. The Kier molecular flexibility index (Phi) is 8.79. The molecular formula is C34H33NO5. The number of ether oxygens (including phenoxy) is 4. The lowest BCUT2D eigenvalue weighted by Gasteiger charge is -2.17. The summed E-state index contributed by atoms with van der Waals surface area (Å²) in [6, 6.07) is 30.9. The molecule has 0 unspecified atom stereocenters. The van der Waals surface area contributed by atoms with Crippen molar-refractivity contribution >= 4 is 17.1 Å². The predicted molar refractivity (Wildman–Crippen MR) is 157 cm³/mol. The second-order valence-corrected chi connectivity index (χ2v) is 9.28. The van der Waals surface area contributed by atoms with Gasteiger partial charge in [-0.3, -0.25) is 0 Å². The molecule has 1 N–H and O–H groups in total. The van der Waals surface area contributed by atoms with E-state index in [9.17, 15) is 4.79 Å². The first kappa shape index (κ1) is 27.0. The Balaban J connectivity index is 1.48. The van der Waals surface area contributed by atoms with Crippen LogP contribution in [0, 0.1) is 0 Å². The molecule has 0 aliphatic carbocycles. The highest BCUT2D eigenvalue weighted by Gasteiger charge is 2.18. The van der Waals surface area contributed by atoms with Gasteiger partial charge in [-0.2, -0.15) is 0 Å². The Labute approximate surface area is 235 Å². The number of hydrogen-bond donors (Lipinski definition) is 1. The van der Waals surface area contributed by atoms with Crippen molar-refractivity contribution in [3.05, 3.63) is 119 Å². The molecular weight excluding hydrogens is 502 g/mol. The van der Waals surface area contributed by atoms with Crippen LogP contribution < -0.4 is 24.3 Å². The summed E-state index contributed by atoms with van der Waals surface area (Å²) < 4.78 is 22.7. The summed E-state index contributed by atoms with van der Waals surface area (Å²) in [4.78, 5) is 12.6. The van der Waals surface area contributed by atoms with Crippen molar-refractivity contribution in [1.82, 2.24) is 5.32 Å². The zero-order chi connectivity index (χ0) is 27.7. The molecule has 204 valence electrons. The van der Waals surface area contributed by atoms with Crippen molar-refractivity contribution in [1.29, 1.82) is 0 Å². The van der Waals surface area contributed by atoms with E-state index in [0.717, 1.165) is 64.6 Å². The molecule has 40 heavy (non-hydrogen) atoms. The number of esters is 1. The first-order chi connectivity index (χ1) is 19.7. The minimum absolute atomic E-state index is 0.231. The van der Waals surface area contributed by atoms with Crippen LogP contribution in [-0.2, 0) is 0 Å². The summed E-state index contributed by atoms with van der Waals surface area (Å²) in [5.41, 5.74) is 5.88. The third kappa shape index (κ3) is 6.35. The number of benzene rings is 4. The number of nitrogens with one attached hydrogen (secondary N) is 1. The zero-order valence-electron chi connectivity index (χ0n) is 22.8. The Hall–Kier alpha value is -4.55. The predicted octanol–water partition coefficient (Wildman–Crippen LogP) is 6.99. The maximum Gasteiger partial charge on any atom is 0.343 e. The van der Waals surface area contributed by atoms with Gasteiger partial charge in [0.05, 0.1) is 5.56 Å². The molecule has 0 saturated heterocycles. The maximum atomic E-state index is 12.6. The van der Waals surface area contributed by atoms with E-state index in [1.54, 1.807) is 12.1 Å². The lowest BCUT2D eigenvalue weighted by Crippen LogP contribution is -2.20. The monoisotopic (exact) mass is 535 g/mol. The fourth-order valence-electron chi connectivity index (χ4n) is 4.69. The lowest BCUT2D eigenvalue weighted by molar-refractivity contribution is 0.0734. The van der Waals surface area contributed by atoms with Crippen LogP contribution in [0.25, 0.3) is 11.1 Å². The molecule has 1 aliphatic heterocycles. The van der Waals surface area contributed by atoms with Crippen LogP contribution in [-0.4, -0.2) is 32.5 Å². The number of hydrogen-bond acceptors (Lipinski definition) is 6. The summed E-state index contributed by atoms with van der Waals surface area (Å²) in [5, 5.41) is 3.27. The van der Waals surface area contributed by atoms with Crippen LogP contribution in [0.2, 0.25) is 0 Å². The van der Waals surface area contributed by atoms with E-state index in [0.29, 0.717) is 17.9 Å². The second kappa shape index (κ2) is 13.0. The normalized spacial score (nSPS) is 12.6. The Morgan fingerprint density at radius 3 is 2.08 bits per heavy atom. The minimum Gasteiger partial charge on any atom is -0.492 e. The number of carbonyl (C=O) groups excluding carboxylic acids is 1. The SMILES string of the molecule is CCNCCOc1ccc(/C(=C(/CC)c2ccc3c(c2)OCO3)c2ccc(OC(=O)c3ccccc3)cc2)cc1. The summed E-state index contributed by atoms with van der Waals surface area (Å²) in [5.74, 6) is 2.43. The molecule has 6 nitrogen and oxygen atoms in total. The van der Waals surface area contributed by atoms with Crippen LogP contribution in [0.1, 0.15) is 47.3 Å². The topological polar surface area (TPSA) is 66.0 Å². The first-order valence-corrected chi connectivity index (χ1v) is 13.6. The average molecular weight is 536 g/mol. The molecule has 1 heterocycles. The fraction of sp³-hybridized carbons (Fsp3) is 0.206. The van der Waals surface area contributed by atoms with E-state index < -0.39 is 0 Å². The fourth-order valence-corrected chi connectivity index (χ4v) is 4.69. The van der Waals surface area contributed by atoms with Crippen molar-refractivity contribution < 1.29 is 23.7 Å². The molecule has 0 saturated carbocycles. The van der Waals surface area contributed by atoms with Crippen molar-refractivity contribution in [2.75, 3.05) is 26.5 Å². The standard InChI is InChI=1S/C34H33NO5/c1-3-30(27-14-19-31-32(22-27)39-23-38-31)33(24-10-15-28(16-11-24)37-21-20-35-4-2)25-12-17-29(18-13-25)40-34(36)26-8-6-5-7-9-26/h5-19,22,35H,3-4,20-21,23H2,1-2H3/b33-30+. The van der Waals surface area contributed by atoms with Crippen molar-refractivity contribution in [2.45, 2.75) is 20.3 Å². The van der Waals surface area contributed by atoms with Gasteiger partial charge in [-0.05, 0) is 89.3 Å². The number of likely N-dealkylation sites (N-methyl/N-ethyl adjacent to an activating group) is 1. The van der Waals surface area contributed by atoms with Crippen molar-refractivity contribution in [3.63, 3.8) is 0 Å². The highest BCUT2D eigenvalue weighted by atomic mass is 16.7. The smallest absolute Gasteiger partial charge is 0.343 e.